The van der Waals surface area contributed by atoms with E-state index in [-0.39, 0.29) is 17.2 Å². The third-order valence-electron chi connectivity index (χ3n) is 5.07. The summed E-state index contributed by atoms with van der Waals surface area (Å²) in [6.07, 6.45) is 1.72. The molecule has 0 atom stereocenters. The highest BCUT2D eigenvalue weighted by molar-refractivity contribution is 6.62. The average molecular weight is 347 g/mol. The van der Waals surface area contributed by atoms with Crippen LogP contribution in [0.15, 0.2) is 12.3 Å². The van der Waals surface area contributed by atoms with Crippen LogP contribution in [0.5, 0.6) is 0 Å². The summed E-state index contributed by atoms with van der Waals surface area (Å²) < 4.78 is 28.2. The van der Waals surface area contributed by atoms with Gasteiger partial charge in [-0.15, -0.1) is 0 Å². The minimum atomic E-state index is -0.682. The molecule has 8 heteroatoms. The highest BCUT2D eigenvalue weighted by Crippen LogP contribution is 2.36. The molecule has 1 saturated heterocycles. The number of carbonyl (C=O) groups excluding carboxylic acids is 1. The van der Waals surface area contributed by atoms with Gasteiger partial charge in [-0.25, -0.2) is 9.37 Å². The van der Waals surface area contributed by atoms with Crippen molar-refractivity contribution in [3.8, 4) is 0 Å². The van der Waals surface area contributed by atoms with Gasteiger partial charge in [-0.05, 0) is 40.7 Å². The Bertz CT molecular complexity index is 844. The SMILES string of the molecule is Cc1c(C(=O)N(C)C)nc2c(F)cc(B3OC(C)(C)C(C)(C)O3)cn12. The second-order valence-corrected chi connectivity index (χ2v) is 7.65. The van der Waals surface area contributed by atoms with Crippen LogP contribution in [0.4, 0.5) is 4.39 Å². The Kier molecular flexibility index (Phi) is 3.96. The van der Waals surface area contributed by atoms with Crippen molar-refractivity contribution in [1.82, 2.24) is 14.3 Å². The highest BCUT2D eigenvalue weighted by atomic mass is 19.1. The number of hydrogen-bond donors (Lipinski definition) is 0. The van der Waals surface area contributed by atoms with Crippen LogP contribution in [-0.4, -0.2) is 52.6 Å². The zero-order valence-electron chi connectivity index (χ0n) is 15.7. The number of aromatic nitrogens is 2. The van der Waals surface area contributed by atoms with Crippen molar-refractivity contribution in [2.75, 3.05) is 14.1 Å². The first-order valence-electron chi connectivity index (χ1n) is 8.20. The zero-order valence-corrected chi connectivity index (χ0v) is 15.7. The summed E-state index contributed by atoms with van der Waals surface area (Å²) in [5, 5.41) is 0. The standard InChI is InChI=1S/C17H23BFN3O3/c1-10-13(15(23)21(6)7)20-14-12(19)8-11(9-22(10)14)18-24-16(2,3)17(4,5)25-18/h8-9H,1-7H3. The van der Waals surface area contributed by atoms with Gasteiger partial charge in [0, 0.05) is 25.8 Å². The molecule has 0 aliphatic carbocycles. The van der Waals surface area contributed by atoms with Crippen LogP contribution in [0.2, 0.25) is 0 Å². The zero-order chi connectivity index (χ0) is 18.7. The van der Waals surface area contributed by atoms with Crippen molar-refractivity contribution < 1.29 is 18.5 Å². The van der Waals surface area contributed by atoms with Crippen molar-refractivity contribution in [1.29, 1.82) is 0 Å². The van der Waals surface area contributed by atoms with Gasteiger partial charge in [0.05, 0.1) is 16.9 Å². The molecular weight excluding hydrogens is 324 g/mol. The van der Waals surface area contributed by atoms with E-state index in [2.05, 4.69) is 4.98 Å². The Labute approximate surface area is 147 Å². The second-order valence-electron chi connectivity index (χ2n) is 7.65. The van der Waals surface area contributed by atoms with E-state index in [1.165, 1.54) is 11.0 Å². The number of amides is 1. The highest BCUT2D eigenvalue weighted by Gasteiger charge is 2.52. The van der Waals surface area contributed by atoms with E-state index in [1.807, 2.05) is 27.7 Å². The number of aryl methyl sites for hydroxylation is 1. The topological polar surface area (TPSA) is 56.1 Å². The quantitative estimate of drug-likeness (QED) is 0.778. The lowest BCUT2D eigenvalue weighted by atomic mass is 9.80. The number of carbonyl (C=O) groups is 1. The first-order valence-corrected chi connectivity index (χ1v) is 8.20. The monoisotopic (exact) mass is 347 g/mol. The van der Waals surface area contributed by atoms with Crippen molar-refractivity contribution in [3.63, 3.8) is 0 Å². The summed E-state index contributed by atoms with van der Waals surface area (Å²) >= 11 is 0. The van der Waals surface area contributed by atoms with Crippen LogP contribution >= 0.6 is 0 Å². The van der Waals surface area contributed by atoms with Gasteiger partial charge in [-0.1, -0.05) is 0 Å². The molecule has 0 bridgehead atoms. The van der Waals surface area contributed by atoms with E-state index in [9.17, 15) is 9.18 Å². The van der Waals surface area contributed by atoms with E-state index < -0.39 is 24.1 Å². The fourth-order valence-electron chi connectivity index (χ4n) is 2.76. The van der Waals surface area contributed by atoms with Crippen LogP contribution in [0.3, 0.4) is 0 Å². The predicted molar refractivity (Wildman–Crippen MR) is 93.6 cm³/mol. The molecular formula is C17H23BFN3O3. The van der Waals surface area contributed by atoms with Gasteiger partial charge in [-0.3, -0.25) is 4.79 Å². The Hall–Kier alpha value is -1.93. The molecule has 2 aromatic heterocycles. The molecule has 1 aliphatic rings. The van der Waals surface area contributed by atoms with E-state index in [4.69, 9.17) is 9.31 Å². The molecule has 1 amide bonds. The summed E-state index contributed by atoms with van der Waals surface area (Å²) in [7, 11) is 2.59. The molecule has 3 heterocycles. The van der Waals surface area contributed by atoms with E-state index in [1.54, 1.807) is 31.6 Å². The Balaban J connectivity index is 2.09. The molecule has 0 saturated carbocycles. The lowest BCUT2D eigenvalue weighted by molar-refractivity contribution is 0.00578. The largest absolute Gasteiger partial charge is 0.496 e. The van der Waals surface area contributed by atoms with Crippen molar-refractivity contribution in [3.05, 3.63) is 29.5 Å². The lowest BCUT2D eigenvalue weighted by Gasteiger charge is -2.32. The molecule has 0 spiro atoms. The molecule has 0 unspecified atom stereocenters. The smallest absolute Gasteiger partial charge is 0.399 e. The first kappa shape index (κ1) is 17.9. The Morgan fingerprint density at radius 2 is 1.80 bits per heavy atom. The average Bonchev–Trinajstić information content (AvgIpc) is 2.93. The summed E-state index contributed by atoms with van der Waals surface area (Å²) in [6, 6.07) is 1.35. The summed E-state index contributed by atoms with van der Waals surface area (Å²) in [5.41, 5.74) is 0.440. The van der Waals surface area contributed by atoms with Crippen molar-refractivity contribution >= 4 is 24.1 Å². The van der Waals surface area contributed by atoms with Crippen LogP contribution in [0, 0.1) is 12.7 Å². The van der Waals surface area contributed by atoms with E-state index in [0.717, 1.165) is 0 Å². The third kappa shape index (κ3) is 2.73. The molecule has 3 rings (SSSR count). The van der Waals surface area contributed by atoms with Crippen LogP contribution < -0.4 is 5.46 Å². The maximum atomic E-state index is 14.6. The van der Waals surface area contributed by atoms with Crippen molar-refractivity contribution in [2.24, 2.45) is 0 Å². The number of rotatable bonds is 2. The number of fused-ring (bicyclic) bond motifs is 1. The van der Waals surface area contributed by atoms with Gasteiger partial charge in [0.1, 0.15) is 5.69 Å². The molecule has 0 aromatic carbocycles. The summed E-state index contributed by atoms with van der Waals surface area (Å²) in [4.78, 5) is 17.8. The second kappa shape index (κ2) is 5.54. The number of imidazole rings is 1. The predicted octanol–water partition coefficient (Wildman–Crippen LogP) is 1.78. The minimum Gasteiger partial charge on any atom is -0.399 e. The van der Waals surface area contributed by atoms with E-state index in [0.29, 0.717) is 11.2 Å². The number of pyridine rings is 1. The van der Waals surface area contributed by atoms with Gasteiger partial charge in [0.15, 0.2) is 11.5 Å². The van der Waals surface area contributed by atoms with Gasteiger partial charge < -0.3 is 18.6 Å². The van der Waals surface area contributed by atoms with Crippen molar-refractivity contribution in [2.45, 2.75) is 45.8 Å². The normalized spacial score (nSPS) is 18.8. The molecule has 134 valence electrons. The van der Waals surface area contributed by atoms with Crippen LogP contribution in [0.25, 0.3) is 5.65 Å². The Morgan fingerprint density at radius 3 is 2.32 bits per heavy atom. The minimum absolute atomic E-state index is 0.114. The molecule has 6 nitrogen and oxygen atoms in total. The third-order valence-corrected chi connectivity index (χ3v) is 5.07. The van der Waals surface area contributed by atoms with E-state index >= 15 is 0 Å². The first-order chi connectivity index (χ1) is 11.4. The Morgan fingerprint density at radius 1 is 1.24 bits per heavy atom. The number of halogens is 1. The van der Waals surface area contributed by atoms with Gasteiger partial charge >= 0.3 is 7.12 Å². The maximum absolute atomic E-state index is 14.6. The molecule has 1 fully saturated rings. The molecule has 2 aromatic rings. The summed E-state index contributed by atoms with van der Waals surface area (Å²) in [5.74, 6) is -0.786. The maximum Gasteiger partial charge on any atom is 0.496 e. The van der Waals surface area contributed by atoms with Crippen LogP contribution in [-0.2, 0) is 9.31 Å². The summed E-state index contributed by atoms with van der Waals surface area (Å²) in [6.45, 7) is 9.51. The molecule has 0 radical (unpaired) electrons. The lowest BCUT2D eigenvalue weighted by Crippen LogP contribution is -2.41. The molecule has 25 heavy (non-hydrogen) atoms. The molecule has 0 N–H and O–H groups in total. The van der Waals surface area contributed by atoms with Gasteiger partial charge in [0.25, 0.3) is 5.91 Å². The number of nitrogens with zero attached hydrogens (tertiary/aromatic N) is 3. The molecule has 1 aliphatic heterocycles. The van der Waals surface area contributed by atoms with Gasteiger partial charge in [0.2, 0.25) is 0 Å². The fourth-order valence-corrected chi connectivity index (χ4v) is 2.76. The van der Waals surface area contributed by atoms with Gasteiger partial charge in [-0.2, -0.15) is 0 Å². The van der Waals surface area contributed by atoms with Crippen LogP contribution in [0.1, 0.15) is 43.9 Å². The number of hydrogen-bond acceptors (Lipinski definition) is 4. The fraction of sp³-hybridized carbons (Fsp3) is 0.529.